The number of anilines is 1. The summed E-state index contributed by atoms with van der Waals surface area (Å²) in [6, 6.07) is 0. The zero-order chi connectivity index (χ0) is 11.7. The molecule has 0 bridgehead atoms. The summed E-state index contributed by atoms with van der Waals surface area (Å²) in [6.07, 6.45) is 10.7. The van der Waals surface area contributed by atoms with Crippen molar-refractivity contribution in [3.05, 3.63) is 16.1 Å². The minimum atomic E-state index is 0.906. The van der Waals surface area contributed by atoms with E-state index in [0.29, 0.717) is 0 Å². The number of fused-ring (bicyclic) bond motifs is 1. The second kappa shape index (κ2) is 5.08. The highest BCUT2D eigenvalue weighted by molar-refractivity contribution is 14.1. The highest BCUT2D eigenvalue weighted by Gasteiger charge is 2.31. The van der Waals surface area contributed by atoms with Crippen molar-refractivity contribution in [1.82, 2.24) is 9.97 Å². The normalized spacial score (nSPS) is 28.9. The van der Waals surface area contributed by atoms with Crippen LogP contribution in [0.5, 0.6) is 0 Å². The van der Waals surface area contributed by atoms with E-state index < -0.39 is 0 Å². The average Bonchev–Trinajstić information content (AvgIpc) is 2.39. The molecule has 0 amide bonds. The van der Waals surface area contributed by atoms with Crippen molar-refractivity contribution in [2.24, 2.45) is 11.8 Å². The molecule has 2 unspecified atom stereocenters. The van der Waals surface area contributed by atoms with E-state index in [2.05, 4.69) is 37.5 Å². The van der Waals surface area contributed by atoms with Gasteiger partial charge in [-0.3, -0.25) is 0 Å². The van der Waals surface area contributed by atoms with Gasteiger partial charge in [-0.2, -0.15) is 0 Å². The molecule has 1 aromatic rings. The van der Waals surface area contributed by atoms with Gasteiger partial charge in [-0.05, 0) is 47.3 Å². The van der Waals surface area contributed by atoms with Crippen molar-refractivity contribution in [1.29, 1.82) is 0 Å². The average molecular weight is 343 g/mol. The van der Waals surface area contributed by atoms with Crippen molar-refractivity contribution in [3.8, 4) is 0 Å². The minimum absolute atomic E-state index is 0.906. The molecule has 17 heavy (non-hydrogen) atoms. The van der Waals surface area contributed by atoms with E-state index in [0.717, 1.165) is 17.7 Å². The Morgan fingerprint density at radius 1 is 1.18 bits per heavy atom. The van der Waals surface area contributed by atoms with Gasteiger partial charge >= 0.3 is 0 Å². The molecule has 0 spiro atoms. The number of halogens is 1. The molecular formula is C13H18IN3. The number of aromatic nitrogens is 2. The summed E-state index contributed by atoms with van der Waals surface area (Å²) >= 11 is 2.34. The van der Waals surface area contributed by atoms with Gasteiger partial charge in [0.05, 0.1) is 3.57 Å². The zero-order valence-corrected chi connectivity index (χ0v) is 12.1. The molecular weight excluding hydrogens is 325 g/mol. The summed E-state index contributed by atoms with van der Waals surface area (Å²) in [7, 11) is 0. The molecule has 0 aromatic carbocycles. The van der Waals surface area contributed by atoms with Gasteiger partial charge in [0.2, 0.25) is 0 Å². The third kappa shape index (κ3) is 2.41. The van der Waals surface area contributed by atoms with Gasteiger partial charge in [-0.25, -0.2) is 9.97 Å². The molecule has 1 aliphatic carbocycles. The van der Waals surface area contributed by atoms with Gasteiger partial charge in [-0.1, -0.05) is 19.3 Å². The second-order valence-electron chi connectivity index (χ2n) is 5.23. The van der Waals surface area contributed by atoms with Crippen molar-refractivity contribution in [3.63, 3.8) is 0 Å². The Morgan fingerprint density at radius 3 is 2.82 bits per heavy atom. The van der Waals surface area contributed by atoms with E-state index in [4.69, 9.17) is 0 Å². The first-order valence-corrected chi connectivity index (χ1v) is 7.63. The van der Waals surface area contributed by atoms with Crippen LogP contribution in [-0.4, -0.2) is 23.1 Å². The Labute approximate surface area is 116 Å². The number of hydrogen-bond acceptors (Lipinski definition) is 3. The third-order valence-electron chi connectivity index (χ3n) is 4.24. The van der Waals surface area contributed by atoms with Crippen molar-refractivity contribution >= 4 is 28.4 Å². The summed E-state index contributed by atoms with van der Waals surface area (Å²) in [4.78, 5) is 11.0. The lowest BCUT2D eigenvalue weighted by Crippen LogP contribution is -2.42. The molecule has 2 fully saturated rings. The highest BCUT2D eigenvalue weighted by Crippen LogP contribution is 2.37. The van der Waals surface area contributed by atoms with Gasteiger partial charge in [0.25, 0.3) is 0 Å². The quantitative estimate of drug-likeness (QED) is 0.734. The monoisotopic (exact) mass is 343 g/mol. The molecule has 1 aromatic heterocycles. The van der Waals surface area contributed by atoms with E-state index >= 15 is 0 Å². The predicted molar refractivity (Wildman–Crippen MR) is 77.0 cm³/mol. The molecule has 1 aliphatic heterocycles. The van der Waals surface area contributed by atoms with Crippen LogP contribution in [0, 0.1) is 15.4 Å². The second-order valence-corrected chi connectivity index (χ2v) is 6.40. The number of nitrogens with zero attached hydrogens (tertiary/aromatic N) is 3. The van der Waals surface area contributed by atoms with Crippen molar-refractivity contribution < 1.29 is 0 Å². The maximum Gasteiger partial charge on any atom is 0.145 e. The maximum absolute atomic E-state index is 4.45. The van der Waals surface area contributed by atoms with E-state index in [1.54, 1.807) is 6.33 Å². The predicted octanol–water partition coefficient (Wildman–Crippen LogP) is 3.10. The fraction of sp³-hybridized carbons (Fsp3) is 0.692. The summed E-state index contributed by atoms with van der Waals surface area (Å²) < 4.78 is 1.18. The molecule has 4 heteroatoms. The lowest BCUT2D eigenvalue weighted by Gasteiger charge is -2.41. The topological polar surface area (TPSA) is 29.0 Å². The summed E-state index contributed by atoms with van der Waals surface area (Å²) in [6.45, 7) is 2.38. The largest absolute Gasteiger partial charge is 0.355 e. The molecule has 1 saturated carbocycles. The van der Waals surface area contributed by atoms with E-state index in [1.807, 2.05) is 6.20 Å². The van der Waals surface area contributed by atoms with Crippen molar-refractivity contribution in [2.45, 2.75) is 32.1 Å². The lowest BCUT2D eigenvalue weighted by atomic mass is 9.75. The van der Waals surface area contributed by atoms with Crippen molar-refractivity contribution in [2.75, 3.05) is 18.0 Å². The van der Waals surface area contributed by atoms with Gasteiger partial charge in [0, 0.05) is 19.3 Å². The minimum Gasteiger partial charge on any atom is -0.355 e. The van der Waals surface area contributed by atoms with Crippen LogP contribution in [0.15, 0.2) is 12.5 Å². The Bertz CT molecular complexity index is 396. The summed E-state index contributed by atoms with van der Waals surface area (Å²) in [5.41, 5.74) is 0. The fourth-order valence-electron chi connectivity index (χ4n) is 3.33. The molecule has 2 aliphatic rings. The van der Waals surface area contributed by atoms with Crippen LogP contribution in [0.4, 0.5) is 5.82 Å². The molecule has 3 nitrogen and oxygen atoms in total. The molecule has 2 atom stereocenters. The van der Waals surface area contributed by atoms with Gasteiger partial charge in [-0.15, -0.1) is 0 Å². The van der Waals surface area contributed by atoms with E-state index in [-0.39, 0.29) is 0 Å². The Hall–Kier alpha value is -0.390. The van der Waals surface area contributed by atoms with E-state index in [1.165, 1.54) is 48.8 Å². The third-order valence-corrected chi connectivity index (χ3v) is 5.00. The lowest BCUT2D eigenvalue weighted by molar-refractivity contribution is 0.202. The molecule has 0 radical (unpaired) electrons. The van der Waals surface area contributed by atoms with Crippen LogP contribution in [0.25, 0.3) is 0 Å². The maximum atomic E-state index is 4.45. The molecule has 0 N–H and O–H groups in total. The van der Waals surface area contributed by atoms with Crippen LogP contribution in [0.1, 0.15) is 32.1 Å². The van der Waals surface area contributed by atoms with Gasteiger partial charge in [0.1, 0.15) is 12.1 Å². The number of rotatable bonds is 1. The Morgan fingerprint density at radius 2 is 2.00 bits per heavy atom. The molecule has 92 valence electrons. The molecule has 1 saturated heterocycles. The first kappa shape index (κ1) is 11.7. The molecule has 2 heterocycles. The van der Waals surface area contributed by atoms with Crippen LogP contribution in [-0.2, 0) is 0 Å². The first-order valence-electron chi connectivity index (χ1n) is 6.55. The Balaban J connectivity index is 1.76. The van der Waals surface area contributed by atoms with Crippen LogP contribution in [0.3, 0.4) is 0 Å². The Kier molecular flexibility index (Phi) is 3.49. The smallest absolute Gasteiger partial charge is 0.145 e. The standard InChI is InChI=1S/C13H18IN3/c14-12-7-15-9-16-13(12)17-6-5-10-3-1-2-4-11(10)8-17/h7,9-11H,1-6,8H2. The SMILES string of the molecule is Ic1cncnc1N1CCC2CCCCC2C1. The van der Waals surface area contributed by atoms with Crippen LogP contribution >= 0.6 is 22.6 Å². The van der Waals surface area contributed by atoms with Crippen LogP contribution in [0.2, 0.25) is 0 Å². The van der Waals surface area contributed by atoms with Gasteiger partial charge in [0.15, 0.2) is 0 Å². The number of piperidine rings is 1. The van der Waals surface area contributed by atoms with E-state index in [9.17, 15) is 0 Å². The fourth-order valence-corrected chi connectivity index (χ4v) is 3.97. The molecule has 3 rings (SSSR count). The summed E-state index contributed by atoms with van der Waals surface area (Å²) in [5, 5.41) is 0. The number of hydrogen-bond donors (Lipinski definition) is 0. The van der Waals surface area contributed by atoms with Crippen LogP contribution < -0.4 is 4.90 Å². The first-order chi connectivity index (χ1) is 8.34. The zero-order valence-electron chi connectivity index (χ0n) is 9.98. The highest BCUT2D eigenvalue weighted by atomic mass is 127. The summed E-state index contributed by atoms with van der Waals surface area (Å²) in [5.74, 6) is 3.03. The van der Waals surface area contributed by atoms with Gasteiger partial charge < -0.3 is 4.90 Å².